The van der Waals surface area contributed by atoms with E-state index in [-0.39, 0.29) is 23.9 Å². The van der Waals surface area contributed by atoms with Crippen LogP contribution in [-0.2, 0) is 9.53 Å². The van der Waals surface area contributed by atoms with Crippen LogP contribution in [0.5, 0.6) is 0 Å². The third-order valence-electron chi connectivity index (χ3n) is 3.36. The number of nitrogens with two attached hydrogens (primary N) is 1. The molecule has 1 atom stereocenters. The van der Waals surface area contributed by atoms with E-state index >= 15 is 0 Å². The van der Waals surface area contributed by atoms with Crippen LogP contribution in [0.2, 0.25) is 0 Å². The predicted octanol–water partition coefficient (Wildman–Crippen LogP) is 1.28. The summed E-state index contributed by atoms with van der Waals surface area (Å²) >= 11 is 0. The van der Waals surface area contributed by atoms with Crippen LogP contribution < -0.4 is 16.0 Å². The number of nitrogen functional groups attached to an aromatic ring is 1. The number of halogens is 2. The molecule has 1 heterocycles. The predicted molar refractivity (Wildman–Crippen MR) is 76.0 cm³/mol. The Kier molecular flexibility index (Phi) is 4.95. The summed E-state index contributed by atoms with van der Waals surface area (Å²) in [5.41, 5.74) is 5.72. The molecule has 0 spiro atoms. The van der Waals surface area contributed by atoms with E-state index in [2.05, 4.69) is 5.32 Å². The number of anilines is 2. The SMILES string of the molecule is CCCNC(=O)C1COCCN1c1cc(F)cc(F)c1N. The Balaban J connectivity index is 2.28. The lowest BCUT2D eigenvalue weighted by Gasteiger charge is -2.37. The maximum atomic E-state index is 13.6. The van der Waals surface area contributed by atoms with Gasteiger partial charge >= 0.3 is 0 Å². The topological polar surface area (TPSA) is 67.6 Å². The molecule has 1 amide bonds. The van der Waals surface area contributed by atoms with Crippen molar-refractivity contribution in [3.8, 4) is 0 Å². The Labute approximate surface area is 122 Å². The third kappa shape index (κ3) is 3.41. The van der Waals surface area contributed by atoms with Gasteiger partial charge in [-0.25, -0.2) is 8.78 Å². The van der Waals surface area contributed by atoms with Crippen molar-refractivity contribution < 1.29 is 18.3 Å². The second-order valence-corrected chi connectivity index (χ2v) is 4.90. The summed E-state index contributed by atoms with van der Waals surface area (Å²) in [7, 11) is 0. The molecule has 1 aliphatic heterocycles. The molecule has 0 aromatic heterocycles. The van der Waals surface area contributed by atoms with Crippen LogP contribution in [0.4, 0.5) is 20.2 Å². The molecular formula is C14H19F2N3O2. The minimum Gasteiger partial charge on any atom is -0.395 e. The van der Waals surface area contributed by atoms with E-state index in [1.54, 1.807) is 4.90 Å². The molecule has 1 aliphatic rings. The second kappa shape index (κ2) is 6.71. The fraction of sp³-hybridized carbons (Fsp3) is 0.500. The van der Waals surface area contributed by atoms with Crippen molar-refractivity contribution >= 4 is 17.3 Å². The van der Waals surface area contributed by atoms with Crippen LogP contribution in [0.1, 0.15) is 13.3 Å². The number of carbonyl (C=O) groups is 1. The first-order valence-electron chi connectivity index (χ1n) is 6.91. The van der Waals surface area contributed by atoms with Gasteiger partial charge in [0.25, 0.3) is 0 Å². The summed E-state index contributed by atoms with van der Waals surface area (Å²) < 4.78 is 32.3. The van der Waals surface area contributed by atoms with Gasteiger partial charge in [0.15, 0.2) is 5.82 Å². The van der Waals surface area contributed by atoms with Crippen LogP contribution in [0.25, 0.3) is 0 Å². The maximum absolute atomic E-state index is 13.6. The Bertz CT molecular complexity index is 525. The van der Waals surface area contributed by atoms with Crippen molar-refractivity contribution in [3.05, 3.63) is 23.8 Å². The van der Waals surface area contributed by atoms with Gasteiger partial charge in [-0.05, 0) is 12.5 Å². The van der Waals surface area contributed by atoms with Crippen LogP contribution in [0.15, 0.2) is 12.1 Å². The largest absolute Gasteiger partial charge is 0.395 e. The van der Waals surface area contributed by atoms with Gasteiger partial charge in [-0.15, -0.1) is 0 Å². The van der Waals surface area contributed by atoms with Gasteiger partial charge in [-0.2, -0.15) is 0 Å². The smallest absolute Gasteiger partial charge is 0.245 e. The second-order valence-electron chi connectivity index (χ2n) is 4.90. The summed E-state index contributed by atoms with van der Waals surface area (Å²) in [6.45, 7) is 3.35. The first-order chi connectivity index (χ1) is 10.0. The highest BCUT2D eigenvalue weighted by Gasteiger charge is 2.31. The van der Waals surface area contributed by atoms with E-state index in [9.17, 15) is 13.6 Å². The first kappa shape index (κ1) is 15.5. The fourth-order valence-corrected chi connectivity index (χ4v) is 2.28. The quantitative estimate of drug-likeness (QED) is 0.822. The molecule has 21 heavy (non-hydrogen) atoms. The lowest BCUT2D eigenvalue weighted by Crippen LogP contribution is -2.54. The van der Waals surface area contributed by atoms with Gasteiger partial charge in [0.2, 0.25) is 5.91 Å². The van der Waals surface area contributed by atoms with E-state index in [1.807, 2.05) is 6.92 Å². The molecule has 1 unspecified atom stereocenters. The summed E-state index contributed by atoms with van der Waals surface area (Å²) in [5.74, 6) is -1.79. The van der Waals surface area contributed by atoms with E-state index in [0.717, 1.165) is 18.6 Å². The number of carbonyl (C=O) groups excluding carboxylic acids is 1. The standard InChI is InChI=1S/C14H19F2N3O2/c1-2-3-18-14(20)12-8-21-5-4-19(12)11-7-9(15)6-10(16)13(11)17/h6-7,12H,2-5,8,17H2,1H3,(H,18,20). The summed E-state index contributed by atoms with van der Waals surface area (Å²) in [5, 5.41) is 2.76. The summed E-state index contributed by atoms with van der Waals surface area (Å²) in [6.07, 6.45) is 0.802. The molecule has 0 bridgehead atoms. The summed E-state index contributed by atoms with van der Waals surface area (Å²) in [4.78, 5) is 13.8. The number of rotatable bonds is 4. The molecule has 1 aromatic rings. The van der Waals surface area contributed by atoms with E-state index in [1.165, 1.54) is 0 Å². The highest BCUT2D eigenvalue weighted by atomic mass is 19.1. The highest BCUT2D eigenvalue weighted by molar-refractivity contribution is 5.87. The number of ether oxygens (including phenoxy) is 1. The zero-order valence-corrected chi connectivity index (χ0v) is 11.9. The lowest BCUT2D eigenvalue weighted by atomic mass is 10.1. The number of nitrogens with zero attached hydrogens (tertiary/aromatic N) is 1. The Morgan fingerprint density at radius 3 is 3.00 bits per heavy atom. The van der Waals surface area contributed by atoms with Crippen molar-refractivity contribution in [2.75, 3.05) is 36.9 Å². The summed E-state index contributed by atoms with van der Waals surface area (Å²) in [6, 6.07) is 1.23. The van der Waals surface area contributed by atoms with Gasteiger partial charge in [-0.1, -0.05) is 6.92 Å². The molecule has 1 saturated heterocycles. The molecule has 1 aromatic carbocycles. The number of morpholine rings is 1. The molecule has 3 N–H and O–H groups in total. The first-order valence-corrected chi connectivity index (χ1v) is 6.91. The van der Waals surface area contributed by atoms with E-state index in [4.69, 9.17) is 10.5 Å². The fourth-order valence-electron chi connectivity index (χ4n) is 2.28. The molecule has 116 valence electrons. The monoisotopic (exact) mass is 299 g/mol. The Morgan fingerprint density at radius 2 is 2.29 bits per heavy atom. The number of hydrogen-bond donors (Lipinski definition) is 2. The van der Waals surface area contributed by atoms with Crippen molar-refractivity contribution in [2.24, 2.45) is 0 Å². The average molecular weight is 299 g/mol. The van der Waals surface area contributed by atoms with Gasteiger partial charge in [-0.3, -0.25) is 4.79 Å². The van der Waals surface area contributed by atoms with Crippen molar-refractivity contribution in [1.29, 1.82) is 0 Å². The molecule has 7 heteroatoms. The molecule has 5 nitrogen and oxygen atoms in total. The zero-order chi connectivity index (χ0) is 15.4. The van der Waals surface area contributed by atoms with Crippen molar-refractivity contribution in [3.63, 3.8) is 0 Å². The Hall–Kier alpha value is -1.89. The number of amides is 1. The minimum atomic E-state index is -0.829. The van der Waals surface area contributed by atoms with Gasteiger partial charge in [0.05, 0.1) is 24.6 Å². The van der Waals surface area contributed by atoms with Crippen LogP contribution in [0.3, 0.4) is 0 Å². The van der Waals surface area contributed by atoms with Crippen LogP contribution in [0, 0.1) is 11.6 Å². The highest BCUT2D eigenvalue weighted by Crippen LogP contribution is 2.30. The average Bonchev–Trinajstić information content (AvgIpc) is 2.48. The van der Waals surface area contributed by atoms with Gasteiger partial charge in [0, 0.05) is 19.2 Å². The van der Waals surface area contributed by atoms with E-state index in [0.29, 0.717) is 19.7 Å². The van der Waals surface area contributed by atoms with Crippen LogP contribution >= 0.6 is 0 Å². The number of nitrogens with one attached hydrogen (secondary N) is 1. The lowest BCUT2D eigenvalue weighted by molar-refractivity contribution is -0.124. The van der Waals surface area contributed by atoms with E-state index < -0.39 is 17.7 Å². The third-order valence-corrected chi connectivity index (χ3v) is 3.36. The number of benzene rings is 1. The Morgan fingerprint density at radius 1 is 1.52 bits per heavy atom. The molecule has 0 saturated carbocycles. The van der Waals surface area contributed by atoms with Crippen LogP contribution in [-0.4, -0.2) is 38.3 Å². The zero-order valence-electron chi connectivity index (χ0n) is 11.9. The molecule has 1 fully saturated rings. The van der Waals surface area contributed by atoms with Gasteiger partial charge in [0.1, 0.15) is 11.9 Å². The van der Waals surface area contributed by atoms with Gasteiger partial charge < -0.3 is 20.7 Å². The molecule has 2 rings (SSSR count). The van der Waals surface area contributed by atoms with Crippen molar-refractivity contribution in [2.45, 2.75) is 19.4 Å². The molecule has 0 radical (unpaired) electrons. The molecular weight excluding hydrogens is 280 g/mol. The maximum Gasteiger partial charge on any atom is 0.245 e. The normalized spacial score (nSPS) is 18.6. The number of hydrogen-bond acceptors (Lipinski definition) is 4. The van der Waals surface area contributed by atoms with Crippen molar-refractivity contribution in [1.82, 2.24) is 5.32 Å². The molecule has 0 aliphatic carbocycles. The minimum absolute atomic E-state index is 0.160.